The van der Waals surface area contributed by atoms with Crippen LogP contribution in [0.15, 0.2) is 42.5 Å². The number of benzene rings is 2. The number of ether oxygens (including phenoxy) is 1. The Balaban J connectivity index is 1.59. The quantitative estimate of drug-likeness (QED) is 0.419. The lowest BCUT2D eigenvalue weighted by atomic mass is 10.0. The van der Waals surface area contributed by atoms with Crippen LogP contribution in [-0.4, -0.2) is 35.5 Å². The van der Waals surface area contributed by atoms with E-state index in [2.05, 4.69) is 5.32 Å². The summed E-state index contributed by atoms with van der Waals surface area (Å²) in [5, 5.41) is 19.5. The van der Waals surface area contributed by atoms with Gasteiger partial charge in [0.05, 0.1) is 23.4 Å². The minimum Gasteiger partial charge on any atom is -0.491 e. The van der Waals surface area contributed by atoms with E-state index in [0.29, 0.717) is 22.8 Å². The number of nitrogen functional groups attached to an aromatic ring is 1. The minimum absolute atomic E-state index is 0.0788. The highest BCUT2D eigenvalue weighted by molar-refractivity contribution is 6.34. The normalized spacial score (nSPS) is 18.5. The van der Waals surface area contributed by atoms with Crippen LogP contribution in [0.25, 0.3) is 11.1 Å². The van der Waals surface area contributed by atoms with Crippen LogP contribution >= 0.6 is 11.6 Å². The molecule has 146 valence electrons. The number of hydrogen-bond acceptors (Lipinski definition) is 4. The Morgan fingerprint density at radius 1 is 1.25 bits per heavy atom. The van der Waals surface area contributed by atoms with Crippen molar-refractivity contribution in [1.82, 2.24) is 5.32 Å². The summed E-state index contributed by atoms with van der Waals surface area (Å²) in [6, 6.07) is 12.5. The van der Waals surface area contributed by atoms with Gasteiger partial charge >= 0.3 is 5.97 Å². The Hall–Kier alpha value is -3.06. The fourth-order valence-corrected chi connectivity index (χ4v) is 3.46. The Morgan fingerprint density at radius 3 is 2.54 bits per heavy atom. The summed E-state index contributed by atoms with van der Waals surface area (Å²) in [4.78, 5) is 22.5. The molecule has 0 saturated carbocycles. The predicted molar refractivity (Wildman–Crippen MR) is 106 cm³/mol. The third kappa shape index (κ3) is 4.61. The van der Waals surface area contributed by atoms with Gasteiger partial charge < -0.3 is 20.9 Å². The lowest BCUT2D eigenvalue weighted by Gasteiger charge is -2.12. The molecule has 0 spiro atoms. The zero-order chi connectivity index (χ0) is 20.3. The summed E-state index contributed by atoms with van der Waals surface area (Å²) < 4.78 is 5.72. The number of amides is 1. The number of rotatable bonds is 7. The van der Waals surface area contributed by atoms with Crippen molar-refractivity contribution in [3.63, 3.8) is 0 Å². The summed E-state index contributed by atoms with van der Waals surface area (Å²) in [7, 11) is 0. The Bertz CT molecular complexity index is 914. The van der Waals surface area contributed by atoms with Crippen molar-refractivity contribution < 1.29 is 19.4 Å². The van der Waals surface area contributed by atoms with Gasteiger partial charge in [0.2, 0.25) is 5.91 Å². The lowest BCUT2D eigenvalue weighted by Crippen LogP contribution is -2.31. The number of aliphatic carboxylic acids is 1. The average molecular weight is 402 g/mol. The molecule has 7 nitrogen and oxygen atoms in total. The van der Waals surface area contributed by atoms with Crippen LogP contribution in [0.4, 0.5) is 0 Å². The summed E-state index contributed by atoms with van der Waals surface area (Å²) in [5.74, 6) is -1.15. The van der Waals surface area contributed by atoms with E-state index >= 15 is 0 Å². The van der Waals surface area contributed by atoms with Gasteiger partial charge in [0.1, 0.15) is 18.2 Å². The van der Waals surface area contributed by atoms with Gasteiger partial charge in [0.15, 0.2) is 0 Å². The number of carboxylic acids is 1. The maximum atomic E-state index is 11.8. The van der Waals surface area contributed by atoms with Gasteiger partial charge in [-0.2, -0.15) is 0 Å². The van der Waals surface area contributed by atoms with Crippen LogP contribution in [-0.2, 0) is 9.59 Å². The molecule has 1 heterocycles. The molecular formula is C20H20ClN3O4. The highest BCUT2D eigenvalue weighted by Crippen LogP contribution is 2.27. The number of halogens is 1. The number of amidine groups is 1. The van der Waals surface area contributed by atoms with Crippen molar-refractivity contribution in [3.05, 3.63) is 53.1 Å². The zero-order valence-corrected chi connectivity index (χ0v) is 15.7. The van der Waals surface area contributed by atoms with Crippen LogP contribution < -0.4 is 15.8 Å². The predicted octanol–water partition coefficient (Wildman–Crippen LogP) is 2.65. The van der Waals surface area contributed by atoms with E-state index in [1.807, 2.05) is 30.3 Å². The fraction of sp³-hybridized carbons (Fsp3) is 0.250. The second-order valence-electron chi connectivity index (χ2n) is 6.68. The van der Waals surface area contributed by atoms with Gasteiger partial charge in [-0.3, -0.25) is 15.0 Å². The summed E-state index contributed by atoms with van der Waals surface area (Å²) in [5.41, 5.74) is 7.79. The molecule has 5 N–H and O–H groups in total. The largest absolute Gasteiger partial charge is 0.491 e. The third-order valence-electron chi connectivity index (χ3n) is 4.61. The van der Waals surface area contributed by atoms with Gasteiger partial charge in [0.25, 0.3) is 0 Å². The molecule has 3 rings (SSSR count). The van der Waals surface area contributed by atoms with Crippen LogP contribution in [0, 0.1) is 11.3 Å². The van der Waals surface area contributed by atoms with Gasteiger partial charge in [0, 0.05) is 5.56 Å². The molecule has 1 saturated heterocycles. The summed E-state index contributed by atoms with van der Waals surface area (Å²) in [6.45, 7) is 0.278. The molecular weight excluding hydrogens is 382 g/mol. The van der Waals surface area contributed by atoms with Crippen molar-refractivity contribution >= 4 is 29.3 Å². The number of nitrogens with two attached hydrogens (primary N) is 1. The van der Waals surface area contributed by atoms with E-state index in [4.69, 9.17) is 32.6 Å². The summed E-state index contributed by atoms with van der Waals surface area (Å²) in [6.07, 6.45) is 0.284. The second kappa shape index (κ2) is 8.31. The fourth-order valence-electron chi connectivity index (χ4n) is 3.18. The van der Waals surface area contributed by atoms with Crippen LogP contribution in [0.1, 0.15) is 18.4 Å². The molecule has 2 aromatic rings. The van der Waals surface area contributed by atoms with Gasteiger partial charge in [-0.25, -0.2) is 0 Å². The zero-order valence-electron chi connectivity index (χ0n) is 14.9. The lowest BCUT2D eigenvalue weighted by molar-refractivity contribution is -0.140. The Morgan fingerprint density at radius 2 is 1.93 bits per heavy atom. The van der Waals surface area contributed by atoms with E-state index < -0.39 is 11.9 Å². The number of nitrogens with one attached hydrogen (secondary N) is 2. The van der Waals surface area contributed by atoms with E-state index in [1.54, 1.807) is 12.1 Å². The molecule has 0 radical (unpaired) electrons. The number of carbonyl (C=O) groups excluding carboxylic acids is 1. The topological polar surface area (TPSA) is 126 Å². The SMILES string of the molecule is N=C(N)c1ccc(-c2ccc(OC[C@@H]3C[C@@H](CC(=O)O)C(=O)N3)cc2)cc1Cl. The van der Waals surface area contributed by atoms with E-state index in [0.717, 1.165) is 11.1 Å². The maximum Gasteiger partial charge on any atom is 0.304 e. The number of hydrogen-bond donors (Lipinski definition) is 4. The van der Waals surface area contributed by atoms with Crippen molar-refractivity contribution in [3.8, 4) is 16.9 Å². The standard InChI is InChI=1S/C20H20ClN3O4/c21-17-8-12(3-6-16(17)19(22)23)11-1-4-15(5-2-11)28-10-14-7-13(9-18(25)26)20(27)24-14/h1-6,8,13-14H,7,9-10H2,(H3,22,23)(H,24,27)(H,25,26)/t13-,14-/m0/s1. The summed E-state index contributed by atoms with van der Waals surface area (Å²) >= 11 is 6.17. The molecule has 2 atom stereocenters. The third-order valence-corrected chi connectivity index (χ3v) is 4.92. The van der Waals surface area contributed by atoms with Crippen LogP contribution in [0.3, 0.4) is 0 Å². The Labute approximate surface area is 167 Å². The Kier molecular flexibility index (Phi) is 5.84. The molecule has 0 aromatic heterocycles. The van der Waals surface area contributed by atoms with Crippen molar-refractivity contribution in [1.29, 1.82) is 5.41 Å². The van der Waals surface area contributed by atoms with Gasteiger partial charge in [-0.05, 0) is 41.8 Å². The van der Waals surface area contributed by atoms with Crippen molar-refractivity contribution in [2.75, 3.05) is 6.61 Å². The van der Waals surface area contributed by atoms with Crippen molar-refractivity contribution in [2.24, 2.45) is 11.7 Å². The van der Waals surface area contributed by atoms with E-state index in [9.17, 15) is 9.59 Å². The first-order valence-electron chi connectivity index (χ1n) is 8.73. The molecule has 0 bridgehead atoms. The van der Waals surface area contributed by atoms with E-state index in [1.165, 1.54) is 0 Å². The van der Waals surface area contributed by atoms with Gasteiger partial charge in [-0.15, -0.1) is 0 Å². The molecule has 28 heavy (non-hydrogen) atoms. The highest BCUT2D eigenvalue weighted by atomic mass is 35.5. The second-order valence-corrected chi connectivity index (χ2v) is 7.09. The number of carbonyl (C=O) groups is 2. The maximum absolute atomic E-state index is 11.8. The van der Waals surface area contributed by atoms with Gasteiger partial charge in [-0.1, -0.05) is 29.8 Å². The first-order chi connectivity index (χ1) is 13.3. The monoisotopic (exact) mass is 401 g/mol. The van der Waals surface area contributed by atoms with Crippen LogP contribution in [0.2, 0.25) is 5.02 Å². The molecule has 1 aliphatic heterocycles. The molecule has 0 aliphatic carbocycles. The smallest absolute Gasteiger partial charge is 0.304 e. The first kappa shape index (κ1) is 19.7. The average Bonchev–Trinajstić information content (AvgIpc) is 2.99. The van der Waals surface area contributed by atoms with E-state index in [-0.39, 0.29) is 30.8 Å². The molecule has 0 unspecified atom stereocenters. The molecule has 8 heteroatoms. The van der Waals surface area contributed by atoms with Crippen LogP contribution in [0.5, 0.6) is 5.75 Å². The van der Waals surface area contributed by atoms with Crippen molar-refractivity contribution in [2.45, 2.75) is 18.9 Å². The number of carboxylic acid groups (broad SMARTS) is 1. The molecule has 1 fully saturated rings. The highest BCUT2D eigenvalue weighted by Gasteiger charge is 2.33. The first-order valence-corrected chi connectivity index (χ1v) is 9.10. The minimum atomic E-state index is -0.978. The molecule has 1 aliphatic rings. The molecule has 1 amide bonds. The molecule has 2 aromatic carbocycles.